The van der Waals surface area contributed by atoms with Crippen LogP contribution in [0.1, 0.15) is 40.0 Å². The van der Waals surface area contributed by atoms with Gasteiger partial charge in [0.15, 0.2) is 0 Å². The van der Waals surface area contributed by atoms with Gasteiger partial charge in [-0.3, -0.25) is 4.79 Å². The second-order valence-electron chi connectivity index (χ2n) is 6.64. The SMILES string of the molecule is CN(C)C(=O)[C@H]1CC[C@@H](O)C(C#[N+]C(=O)OC(C)(C)C)C1. The fraction of sp³-hybridized carbons (Fsp3) is 0.800. The van der Waals surface area contributed by atoms with Crippen LogP contribution in [0.25, 0.3) is 4.85 Å². The molecule has 1 N–H and O–H groups in total. The molecular weight excluding hydrogens is 272 g/mol. The Morgan fingerprint density at radius 2 is 1.90 bits per heavy atom. The molecule has 0 spiro atoms. The average Bonchev–Trinajstić information content (AvgIpc) is 2.34. The van der Waals surface area contributed by atoms with Gasteiger partial charge < -0.3 is 14.7 Å². The first-order valence-corrected chi connectivity index (χ1v) is 7.18. The molecule has 1 aliphatic rings. The lowest BCUT2D eigenvalue weighted by Crippen LogP contribution is -2.37. The summed E-state index contributed by atoms with van der Waals surface area (Å²) in [7, 11) is 3.42. The third-order valence-corrected chi connectivity index (χ3v) is 3.32. The molecule has 0 aromatic carbocycles. The largest absolute Gasteiger partial charge is 0.728 e. The molecule has 1 rings (SSSR count). The number of ether oxygens (including phenoxy) is 1. The van der Waals surface area contributed by atoms with E-state index in [0.717, 1.165) is 0 Å². The first kappa shape index (κ1) is 17.4. The van der Waals surface area contributed by atoms with E-state index in [1.807, 2.05) is 0 Å². The van der Waals surface area contributed by atoms with Gasteiger partial charge in [0.1, 0.15) is 11.5 Å². The lowest BCUT2D eigenvalue weighted by atomic mass is 9.79. The zero-order chi connectivity index (χ0) is 16.2. The van der Waals surface area contributed by atoms with E-state index in [1.54, 1.807) is 39.8 Å². The zero-order valence-electron chi connectivity index (χ0n) is 13.4. The molecule has 0 aromatic rings. The van der Waals surface area contributed by atoms with Crippen molar-refractivity contribution in [2.45, 2.75) is 51.7 Å². The second kappa shape index (κ2) is 6.90. The molecule has 1 unspecified atom stereocenters. The first-order valence-electron chi connectivity index (χ1n) is 7.18. The predicted molar refractivity (Wildman–Crippen MR) is 79.0 cm³/mol. The van der Waals surface area contributed by atoms with Crippen molar-refractivity contribution < 1.29 is 19.4 Å². The summed E-state index contributed by atoms with van der Waals surface area (Å²) in [6.45, 7) is 5.25. The number of rotatable bonds is 1. The van der Waals surface area contributed by atoms with Gasteiger partial charge in [0.2, 0.25) is 5.91 Å². The van der Waals surface area contributed by atoms with Crippen molar-refractivity contribution in [2.24, 2.45) is 11.8 Å². The quantitative estimate of drug-likeness (QED) is 0.804. The van der Waals surface area contributed by atoms with Gasteiger partial charge in [-0.1, -0.05) is 0 Å². The molecule has 2 amide bonds. The highest BCUT2D eigenvalue weighted by atomic mass is 16.6. The maximum absolute atomic E-state index is 12.0. The van der Waals surface area contributed by atoms with Crippen LogP contribution >= 0.6 is 0 Å². The van der Waals surface area contributed by atoms with Gasteiger partial charge in [-0.2, -0.15) is 4.79 Å². The molecule has 1 aliphatic carbocycles. The summed E-state index contributed by atoms with van der Waals surface area (Å²) in [4.78, 5) is 28.7. The number of aliphatic hydroxyl groups is 1. The van der Waals surface area contributed by atoms with E-state index in [9.17, 15) is 14.7 Å². The van der Waals surface area contributed by atoms with Crippen LogP contribution in [0.4, 0.5) is 4.79 Å². The van der Waals surface area contributed by atoms with E-state index in [2.05, 4.69) is 10.9 Å². The van der Waals surface area contributed by atoms with E-state index in [4.69, 9.17) is 4.74 Å². The molecule has 118 valence electrons. The number of carbonyl (C=O) groups excluding carboxylic acids is 2. The molecule has 0 saturated heterocycles. The van der Waals surface area contributed by atoms with E-state index < -0.39 is 23.7 Å². The molecule has 21 heavy (non-hydrogen) atoms. The fourth-order valence-electron chi connectivity index (χ4n) is 2.30. The molecule has 6 nitrogen and oxygen atoms in total. The minimum absolute atomic E-state index is 0.0333. The van der Waals surface area contributed by atoms with Crippen LogP contribution in [0.2, 0.25) is 0 Å². The molecule has 0 bridgehead atoms. The minimum Gasteiger partial charge on any atom is -0.392 e. The molecule has 1 saturated carbocycles. The molecule has 3 atom stereocenters. The summed E-state index contributed by atoms with van der Waals surface area (Å²) >= 11 is 0. The Kier molecular flexibility index (Phi) is 5.73. The van der Waals surface area contributed by atoms with Crippen molar-refractivity contribution in [3.63, 3.8) is 0 Å². The highest BCUT2D eigenvalue weighted by Gasteiger charge is 2.36. The van der Waals surface area contributed by atoms with Crippen LogP contribution < -0.4 is 0 Å². The summed E-state index contributed by atoms with van der Waals surface area (Å²) in [5, 5.41) is 9.95. The maximum atomic E-state index is 12.0. The van der Waals surface area contributed by atoms with Gasteiger partial charge in [-0.05, 0) is 40.0 Å². The smallest absolute Gasteiger partial charge is 0.392 e. The monoisotopic (exact) mass is 297 g/mol. The number of hydrogen-bond donors (Lipinski definition) is 1. The summed E-state index contributed by atoms with van der Waals surface area (Å²) in [6.07, 6.45) is 0.247. The van der Waals surface area contributed by atoms with Crippen LogP contribution in [-0.2, 0) is 9.53 Å². The first-order chi connectivity index (χ1) is 9.60. The maximum Gasteiger partial charge on any atom is 0.728 e. The number of hydrogen-bond acceptors (Lipinski definition) is 4. The highest BCUT2D eigenvalue weighted by Crippen LogP contribution is 2.30. The van der Waals surface area contributed by atoms with Crippen molar-refractivity contribution in [2.75, 3.05) is 14.1 Å². The summed E-state index contributed by atoms with van der Waals surface area (Å²) in [6, 6.07) is 2.65. The van der Waals surface area contributed by atoms with Gasteiger partial charge in [-0.15, -0.1) is 0 Å². The Morgan fingerprint density at radius 1 is 1.29 bits per heavy atom. The Balaban J connectivity index is 2.69. The van der Waals surface area contributed by atoms with Crippen LogP contribution in [0.15, 0.2) is 0 Å². The molecule has 0 heterocycles. The lowest BCUT2D eigenvalue weighted by Gasteiger charge is -2.28. The highest BCUT2D eigenvalue weighted by molar-refractivity contribution is 5.80. The van der Waals surface area contributed by atoms with Crippen LogP contribution in [0, 0.1) is 17.9 Å². The number of amides is 2. The minimum atomic E-state index is -0.726. The van der Waals surface area contributed by atoms with Crippen LogP contribution in [0.3, 0.4) is 0 Å². The van der Waals surface area contributed by atoms with Gasteiger partial charge in [0, 0.05) is 20.0 Å². The van der Waals surface area contributed by atoms with Gasteiger partial charge in [0.25, 0.3) is 6.07 Å². The number of aliphatic hydroxyl groups excluding tert-OH is 1. The van der Waals surface area contributed by atoms with E-state index >= 15 is 0 Å². The normalized spacial score (nSPS) is 25.5. The third kappa shape index (κ3) is 5.72. The Morgan fingerprint density at radius 3 is 2.43 bits per heavy atom. The fourth-order valence-corrected chi connectivity index (χ4v) is 2.30. The molecule has 6 heteroatoms. The zero-order valence-corrected chi connectivity index (χ0v) is 13.4. The van der Waals surface area contributed by atoms with Gasteiger partial charge in [0.05, 0.1) is 10.9 Å². The van der Waals surface area contributed by atoms with Crippen LogP contribution in [0.5, 0.6) is 0 Å². The van der Waals surface area contributed by atoms with Gasteiger partial charge >= 0.3 is 6.09 Å². The Bertz CT molecular complexity index is 457. The van der Waals surface area contributed by atoms with Crippen molar-refractivity contribution >= 4 is 12.0 Å². The van der Waals surface area contributed by atoms with Crippen molar-refractivity contribution in [3.8, 4) is 6.07 Å². The molecule has 0 aromatic heterocycles. The van der Waals surface area contributed by atoms with E-state index in [1.165, 1.54) is 0 Å². The van der Waals surface area contributed by atoms with Crippen molar-refractivity contribution in [3.05, 3.63) is 4.85 Å². The lowest BCUT2D eigenvalue weighted by molar-refractivity contribution is -0.135. The van der Waals surface area contributed by atoms with Gasteiger partial charge in [-0.25, -0.2) is 0 Å². The Hall–Kier alpha value is -1.61. The van der Waals surface area contributed by atoms with E-state index in [-0.39, 0.29) is 11.8 Å². The van der Waals surface area contributed by atoms with E-state index in [0.29, 0.717) is 19.3 Å². The topological polar surface area (TPSA) is 71.2 Å². The Labute approximate surface area is 125 Å². The van der Waals surface area contributed by atoms with Crippen molar-refractivity contribution in [1.29, 1.82) is 0 Å². The van der Waals surface area contributed by atoms with Crippen molar-refractivity contribution in [1.82, 2.24) is 4.90 Å². The third-order valence-electron chi connectivity index (χ3n) is 3.32. The molecule has 0 radical (unpaired) electrons. The molecule has 0 aliphatic heterocycles. The number of carbonyl (C=O) groups is 2. The standard InChI is InChI=1S/C15H25N2O4/c1-15(2,3)21-14(20)16-9-11-8-10(6-7-12(11)18)13(19)17(4)5/h10-12,18H,6-8H2,1-5H3/q+1/t10-,11?,12+/m0/s1. The summed E-state index contributed by atoms with van der Waals surface area (Å²) in [5.41, 5.74) is -0.614. The molecular formula is C15H25N2O4+. The second-order valence-corrected chi connectivity index (χ2v) is 6.64. The van der Waals surface area contributed by atoms with Crippen LogP contribution in [-0.4, -0.2) is 47.8 Å². The molecule has 1 fully saturated rings. The average molecular weight is 297 g/mol. The summed E-state index contributed by atoms with van der Waals surface area (Å²) < 4.78 is 5.05. The summed E-state index contributed by atoms with van der Waals surface area (Å²) in [5.74, 6) is -0.541. The predicted octanol–water partition coefficient (Wildman–Crippen LogP) is 2.12. The number of nitrogens with zero attached hydrogens (tertiary/aromatic N) is 2.